The van der Waals surface area contributed by atoms with Crippen LogP contribution in [-0.4, -0.2) is 25.0 Å². The molecule has 5 nitrogen and oxygen atoms in total. The summed E-state index contributed by atoms with van der Waals surface area (Å²) in [7, 11) is 0. The third kappa shape index (κ3) is 3.16. The average molecular weight is 445 g/mol. The van der Waals surface area contributed by atoms with Crippen molar-refractivity contribution in [2.75, 3.05) is 20.1 Å². The fourth-order valence-corrected chi connectivity index (χ4v) is 5.85. The smallest absolute Gasteiger partial charge is 0.231 e. The van der Waals surface area contributed by atoms with Crippen molar-refractivity contribution in [3.05, 3.63) is 82.2 Å². The van der Waals surface area contributed by atoms with E-state index in [0.717, 1.165) is 55.2 Å². The number of hydrogen-bond acceptors (Lipinski definition) is 5. The molecule has 0 fully saturated rings. The van der Waals surface area contributed by atoms with Gasteiger partial charge in [-0.25, -0.2) is 4.39 Å². The summed E-state index contributed by atoms with van der Waals surface area (Å²) >= 11 is 0. The lowest BCUT2D eigenvalue weighted by Gasteiger charge is -2.48. The summed E-state index contributed by atoms with van der Waals surface area (Å²) in [4.78, 5) is 2.64. The van der Waals surface area contributed by atoms with Crippen molar-refractivity contribution in [2.45, 2.75) is 37.8 Å². The van der Waals surface area contributed by atoms with Gasteiger partial charge < -0.3 is 18.9 Å². The molecule has 0 saturated heterocycles. The first-order valence-corrected chi connectivity index (χ1v) is 11.6. The maximum absolute atomic E-state index is 13.3. The molecule has 0 saturated carbocycles. The maximum Gasteiger partial charge on any atom is 0.231 e. The highest BCUT2D eigenvalue weighted by atomic mass is 19.1. The quantitative estimate of drug-likeness (QED) is 0.558. The molecule has 0 N–H and O–H groups in total. The molecule has 3 aromatic carbocycles. The number of nitrogens with zero attached hydrogens (tertiary/aromatic N) is 1. The minimum absolute atomic E-state index is 0.185. The Balaban J connectivity index is 1.23. The second-order valence-electron chi connectivity index (χ2n) is 9.22. The van der Waals surface area contributed by atoms with E-state index in [1.165, 1.54) is 27.8 Å². The summed E-state index contributed by atoms with van der Waals surface area (Å²) < 4.78 is 36.0. The highest BCUT2D eigenvalue weighted by molar-refractivity contribution is 5.56. The first kappa shape index (κ1) is 19.2. The lowest BCUT2D eigenvalue weighted by molar-refractivity contribution is 0.0996. The first-order chi connectivity index (χ1) is 16.2. The normalized spacial score (nSPS) is 21.6. The third-order valence-electron chi connectivity index (χ3n) is 7.41. The zero-order valence-electron chi connectivity index (χ0n) is 18.2. The van der Waals surface area contributed by atoms with E-state index in [1.807, 2.05) is 12.1 Å². The van der Waals surface area contributed by atoms with Crippen molar-refractivity contribution in [3.63, 3.8) is 0 Å². The van der Waals surface area contributed by atoms with Gasteiger partial charge in [-0.15, -0.1) is 0 Å². The molecule has 0 aliphatic carbocycles. The Hall–Kier alpha value is -3.25. The summed E-state index contributed by atoms with van der Waals surface area (Å²) in [5, 5.41) is 0. The molecule has 2 atom stereocenters. The molecule has 6 heteroatoms. The van der Waals surface area contributed by atoms with E-state index in [-0.39, 0.29) is 31.5 Å². The van der Waals surface area contributed by atoms with Crippen molar-refractivity contribution >= 4 is 0 Å². The minimum Gasteiger partial charge on any atom is -0.454 e. The molecular formula is C27H24FNO4. The third-order valence-corrected chi connectivity index (χ3v) is 7.41. The van der Waals surface area contributed by atoms with Crippen molar-refractivity contribution in [1.82, 2.24) is 4.90 Å². The fraction of sp³-hybridized carbons (Fsp3) is 0.333. The molecule has 4 heterocycles. The Kier molecular flexibility index (Phi) is 4.31. The molecule has 168 valence electrons. The van der Waals surface area contributed by atoms with Crippen LogP contribution in [-0.2, 0) is 19.3 Å². The van der Waals surface area contributed by atoms with Gasteiger partial charge in [0.05, 0.1) is 0 Å². The Morgan fingerprint density at radius 2 is 1.24 bits per heavy atom. The lowest BCUT2D eigenvalue weighted by Crippen LogP contribution is -2.43. The largest absolute Gasteiger partial charge is 0.454 e. The number of halogens is 1. The molecule has 0 aromatic heterocycles. The van der Waals surface area contributed by atoms with Crippen LogP contribution in [0, 0.1) is 5.82 Å². The molecule has 4 aliphatic rings. The molecule has 7 rings (SSSR count). The summed E-state index contributed by atoms with van der Waals surface area (Å²) in [5.74, 6) is 3.20. The predicted octanol–water partition coefficient (Wildman–Crippen LogP) is 5.11. The van der Waals surface area contributed by atoms with Crippen molar-refractivity contribution < 1.29 is 23.3 Å². The zero-order chi connectivity index (χ0) is 21.9. The summed E-state index contributed by atoms with van der Waals surface area (Å²) in [5.41, 5.74) is 6.52. The molecule has 2 bridgehead atoms. The Labute approximate surface area is 191 Å². The number of rotatable bonds is 4. The maximum atomic E-state index is 13.3. The van der Waals surface area contributed by atoms with E-state index < -0.39 is 0 Å². The van der Waals surface area contributed by atoms with Crippen molar-refractivity contribution in [3.8, 4) is 23.0 Å². The van der Waals surface area contributed by atoms with Crippen LogP contribution in [0.15, 0.2) is 48.5 Å². The first-order valence-electron chi connectivity index (χ1n) is 11.6. The minimum atomic E-state index is -0.185. The van der Waals surface area contributed by atoms with Crippen molar-refractivity contribution in [2.24, 2.45) is 0 Å². The van der Waals surface area contributed by atoms with Crippen LogP contribution in [0.25, 0.3) is 0 Å². The van der Waals surface area contributed by atoms with E-state index in [0.29, 0.717) is 0 Å². The summed E-state index contributed by atoms with van der Waals surface area (Å²) in [6.45, 7) is 1.54. The Bertz CT molecular complexity index is 1170. The number of ether oxygens (including phenoxy) is 4. The monoisotopic (exact) mass is 445 g/mol. The molecule has 0 radical (unpaired) electrons. The van der Waals surface area contributed by atoms with Gasteiger partial charge in [0.2, 0.25) is 13.6 Å². The van der Waals surface area contributed by atoms with Crippen LogP contribution in [0.3, 0.4) is 0 Å². The zero-order valence-corrected chi connectivity index (χ0v) is 18.2. The molecule has 2 unspecified atom stereocenters. The van der Waals surface area contributed by atoms with Gasteiger partial charge in [0, 0.05) is 12.1 Å². The number of aryl methyl sites for hydroxylation is 1. The van der Waals surface area contributed by atoms with Gasteiger partial charge in [-0.2, -0.15) is 0 Å². The standard InChI is InChI=1S/C27H24FNO4/c28-19-5-3-16(4-6-19)2-1-7-29-22-8-17-10-24-26(32-14-30-24)12-20(17)23(29)9-18-11-25-27(13-21(18)22)33-15-31-25/h3-6,10-13,22-23H,1-2,7-9,14-15H2. The van der Waals surface area contributed by atoms with Crippen molar-refractivity contribution in [1.29, 1.82) is 0 Å². The highest BCUT2D eigenvalue weighted by Gasteiger charge is 2.41. The van der Waals surface area contributed by atoms with E-state index in [2.05, 4.69) is 29.2 Å². The molecule has 0 amide bonds. The molecular weight excluding hydrogens is 421 g/mol. The van der Waals surface area contributed by atoms with Gasteiger partial charge in [0.1, 0.15) is 5.82 Å². The number of hydrogen-bond donors (Lipinski definition) is 0. The van der Waals surface area contributed by atoms with Gasteiger partial charge in [0.15, 0.2) is 23.0 Å². The van der Waals surface area contributed by atoms with Crippen LogP contribution in [0.5, 0.6) is 23.0 Å². The van der Waals surface area contributed by atoms with Crippen LogP contribution >= 0.6 is 0 Å². The van der Waals surface area contributed by atoms with E-state index in [9.17, 15) is 4.39 Å². The van der Waals surface area contributed by atoms with Crippen LogP contribution < -0.4 is 18.9 Å². The number of benzene rings is 3. The van der Waals surface area contributed by atoms with E-state index >= 15 is 0 Å². The fourth-order valence-electron chi connectivity index (χ4n) is 5.85. The molecule has 0 spiro atoms. The highest BCUT2D eigenvalue weighted by Crippen LogP contribution is 2.52. The van der Waals surface area contributed by atoms with Crippen LogP contribution in [0.4, 0.5) is 4.39 Å². The van der Waals surface area contributed by atoms with Gasteiger partial charge in [0.25, 0.3) is 0 Å². The molecule has 33 heavy (non-hydrogen) atoms. The lowest BCUT2D eigenvalue weighted by atomic mass is 9.76. The van der Waals surface area contributed by atoms with E-state index in [1.54, 1.807) is 12.1 Å². The Morgan fingerprint density at radius 1 is 0.727 bits per heavy atom. The average Bonchev–Trinajstić information content (AvgIpc) is 3.47. The second-order valence-corrected chi connectivity index (χ2v) is 9.22. The Morgan fingerprint density at radius 3 is 1.79 bits per heavy atom. The predicted molar refractivity (Wildman–Crippen MR) is 119 cm³/mol. The van der Waals surface area contributed by atoms with Gasteiger partial charge in [-0.3, -0.25) is 4.90 Å². The summed E-state index contributed by atoms with van der Waals surface area (Å²) in [6.07, 6.45) is 3.79. The van der Waals surface area contributed by atoms with Crippen LogP contribution in [0.2, 0.25) is 0 Å². The van der Waals surface area contributed by atoms with Gasteiger partial charge >= 0.3 is 0 Å². The SMILES string of the molecule is Fc1ccc(CCCN2C3Cc4cc5c(cc4C2Cc2cc4c(cc23)OCO4)OCO5)cc1. The topological polar surface area (TPSA) is 40.2 Å². The van der Waals surface area contributed by atoms with Crippen LogP contribution in [0.1, 0.15) is 46.3 Å². The summed E-state index contributed by atoms with van der Waals surface area (Å²) in [6, 6.07) is 16.1. The van der Waals surface area contributed by atoms with Gasteiger partial charge in [-0.05, 0) is 96.4 Å². The molecule has 4 aliphatic heterocycles. The molecule has 3 aromatic rings. The van der Waals surface area contributed by atoms with E-state index in [4.69, 9.17) is 18.9 Å². The van der Waals surface area contributed by atoms with Gasteiger partial charge in [-0.1, -0.05) is 12.1 Å². The second kappa shape index (κ2) is 7.39. The number of fused-ring (bicyclic) bond motifs is 8.